The molecule has 0 aromatic carbocycles. The van der Waals surface area contributed by atoms with Crippen LogP contribution in [0.3, 0.4) is 0 Å². The van der Waals surface area contributed by atoms with E-state index >= 15 is 0 Å². The van der Waals surface area contributed by atoms with Crippen molar-refractivity contribution in [1.29, 1.82) is 0 Å². The van der Waals surface area contributed by atoms with Crippen molar-refractivity contribution in [2.75, 3.05) is 19.6 Å². The van der Waals surface area contributed by atoms with Crippen LogP contribution >= 0.6 is 0 Å². The van der Waals surface area contributed by atoms with Crippen LogP contribution < -0.4 is 0 Å². The lowest BCUT2D eigenvalue weighted by atomic mass is 9.71. The third kappa shape index (κ3) is 2.94. The van der Waals surface area contributed by atoms with E-state index in [2.05, 4.69) is 18.7 Å². The first kappa shape index (κ1) is 11.4. The first-order valence-electron chi connectivity index (χ1n) is 6.47. The summed E-state index contributed by atoms with van der Waals surface area (Å²) in [7, 11) is 0. The van der Waals surface area contributed by atoms with Crippen molar-refractivity contribution in [2.24, 2.45) is 11.3 Å². The molecule has 0 aromatic rings. The van der Waals surface area contributed by atoms with Gasteiger partial charge in [0.1, 0.15) is 0 Å². The highest BCUT2D eigenvalue weighted by Gasteiger charge is 2.34. The normalized spacial score (nSPS) is 37.0. The monoisotopic (exact) mass is 211 g/mol. The minimum atomic E-state index is -0.0429. The molecule has 2 atom stereocenters. The van der Waals surface area contributed by atoms with Crippen molar-refractivity contribution in [2.45, 2.75) is 52.1 Å². The number of rotatable bonds is 2. The Morgan fingerprint density at radius 3 is 2.60 bits per heavy atom. The molecule has 1 aliphatic carbocycles. The van der Waals surface area contributed by atoms with Gasteiger partial charge >= 0.3 is 0 Å². The van der Waals surface area contributed by atoms with Gasteiger partial charge in [-0.2, -0.15) is 0 Å². The molecular weight excluding hydrogens is 186 g/mol. The zero-order valence-electron chi connectivity index (χ0n) is 10.2. The van der Waals surface area contributed by atoms with Crippen molar-refractivity contribution in [3.8, 4) is 0 Å². The van der Waals surface area contributed by atoms with Crippen molar-refractivity contribution < 1.29 is 5.11 Å². The fraction of sp³-hybridized carbons (Fsp3) is 1.00. The van der Waals surface area contributed by atoms with Crippen molar-refractivity contribution in [3.05, 3.63) is 0 Å². The van der Waals surface area contributed by atoms with E-state index in [1.165, 1.54) is 38.8 Å². The van der Waals surface area contributed by atoms with Crippen LogP contribution in [0.5, 0.6) is 0 Å². The molecule has 88 valence electrons. The molecule has 1 aliphatic heterocycles. The number of aliphatic hydroxyl groups is 1. The molecule has 2 rings (SSSR count). The lowest BCUT2D eigenvalue weighted by Gasteiger charge is -2.40. The molecule has 0 bridgehead atoms. The molecule has 15 heavy (non-hydrogen) atoms. The Balaban J connectivity index is 1.88. The molecule has 2 unspecified atom stereocenters. The molecular formula is C13H25NO. The van der Waals surface area contributed by atoms with Gasteiger partial charge in [-0.3, -0.25) is 0 Å². The molecule has 2 aliphatic rings. The highest BCUT2D eigenvalue weighted by Crippen LogP contribution is 2.39. The van der Waals surface area contributed by atoms with Crippen LogP contribution in [0.15, 0.2) is 0 Å². The molecule has 1 saturated carbocycles. The molecule has 1 N–H and O–H groups in total. The number of likely N-dealkylation sites (tertiary alicyclic amines) is 1. The number of nitrogens with zero attached hydrogens (tertiary/aromatic N) is 1. The van der Waals surface area contributed by atoms with Gasteiger partial charge in [0.05, 0.1) is 6.10 Å². The third-order valence-corrected chi connectivity index (χ3v) is 4.17. The Hall–Kier alpha value is -0.0800. The molecule has 1 heterocycles. The lowest BCUT2D eigenvalue weighted by molar-refractivity contribution is 0.00740. The van der Waals surface area contributed by atoms with Gasteiger partial charge in [-0.05, 0) is 56.5 Å². The largest absolute Gasteiger partial charge is 0.393 e. The summed E-state index contributed by atoms with van der Waals surface area (Å²) in [6.45, 7) is 8.32. The average molecular weight is 211 g/mol. The maximum Gasteiger partial charge on any atom is 0.0581 e. The second-order valence-electron chi connectivity index (χ2n) is 6.24. The fourth-order valence-corrected chi connectivity index (χ4v) is 3.21. The molecule has 1 saturated heterocycles. The molecule has 2 heteroatoms. The molecule has 0 radical (unpaired) electrons. The van der Waals surface area contributed by atoms with E-state index < -0.39 is 0 Å². The van der Waals surface area contributed by atoms with Crippen LogP contribution in [-0.2, 0) is 0 Å². The molecule has 2 fully saturated rings. The van der Waals surface area contributed by atoms with E-state index in [0.717, 1.165) is 13.0 Å². The summed E-state index contributed by atoms with van der Waals surface area (Å²) in [4.78, 5) is 2.54. The predicted molar refractivity (Wildman–Crippen MR) is 62.8 cm³/mol. The zero-order chi connectivity index (χ0) is 10.9. The Labute approximate surface area is 93.7 Å². The van der Waals surface area contributed by atoms with Gasteiger partial charge in [-0.25, -0.2) is 0 Å². The summed E-state index contributed by atoms with van der Waals surface area (Å²) in [5.41, 5.74) is 0.448. The Bertz CT molecular complexity index is 209. The first-order valence-corrected chi connectivity index (χ1v) is 6.47. The first-order chi connectivity index (χ1) is 7.07. The fourth-order valence-electron chi connectivity index (χ4n) is 3.21. The van der Waals surface area contributed by atoms with Gasteiger partial charge in [-0.15, -0.1) is 0 Å². The van der Waals surface area contributed by atoms with Crippen LogP contribution in [0, 0.1) is 11.3 Å². The number of aliphatic hydroxyl groups excluding tert-OH is 1. The third-order valence-electron chi connectivity index (χ3n) is 4.17. The second kappa shape index (κ2) is 4.42. The van der Waals surface area contributed by atoms with Crippen LogP contribution in [0.1, 0.15) is 46.0 Å². The maximum absolute atomic E-state index is 10.0. The summed E-state index contributed by atoms with van der Waals surface area (Å²) in [6, 6.07) is 0. The van der Waals surface area contributed by atoms with Crippen LogP contribution in [0.2, 0.25) is 0 Å². The molecule has 0 aromatic heterocycles. The summed E-state index contributed by atoms with van der Waals surface area (Å²) in [5, 5.41) is 10.0. The average Bonchev–Trinajstić information content (AvgIpc) is 2.64. The second-order valence-corrected chi connectivity index (χ2v) is 6.24. The highest BCUT2D eigenvalue weighted by molar-refractivity contribution is 4.87. The molecule has 0 amide bonds. The molecule has 0 spiro atoms. The highest BCUT2D eigenvalue weighted by atomic mass is 16.3. The minimum absolute atomic E-state index is 0.0429. The molecule has 2 nitrogen and oxygen atoms in total. The van der Waals surface area contributed by atoms with Crippen LogP contribution in [-0.4, -0.2) is 35.7 Å². The SMILES string of the molecule is CC1(C)CCC(O)C(CN2CCCC2)C1. The minimum Gasteiger partial charge on any atom is -0.393 e. The summed E-state index contributed by atoms with van der Waals surface area (Å²) >= 11 is 0. The summed E-state index contributed by atoms with van der Waals surface area (Å²) in [6.07, 6.45) is 6.05. The Morgan fingerprint density at radius 1 is 1.27 bits per heavy atom. The van der Waals surface area contributed by atoms with Gasteiger partial charge in [0.25, 0.3) is 0 Å². The zero-order valence-corrected chi connectivity index (χ0v) is 10.2. The van der Waals surface area contributed by atoms with Gasteiger partial charge in [0.15, 0.2) is 0 Å². The number of hydrogen-bond donors (Lipinski definition) is 1. The van der Waals surface area contributed by atoms with E-state index in [9.17, 15) is 5.11 Å². The predicted octanol–water partition coefficient (Wildman–Crippen LogP) is 2.27. The Morgan fingerprint density at radius 2 is 1.93 bits per heavy atom. The van der Waals surface area contributed by atoms with Gasteiger partial charge in [0.2, 0.25) is 0 Å². The van der Waals surface area contributed by atoms with Crippen molar-refractivity contribution in [3.63, 3.8) is 0 Å². The van der Waals surface area contributed by atoms with E-state index in [1.807, 2.05) is 0 Å². The van der Waals surface area contributed by atoms with E-state index in [0.29, 0.717) is 11.3 Å². The van der Waals surface area contributed by atoms with Gasteiger partial charge < -0.3 is 10.0 Å². The van der Waals surface area contributed by atoms with Crippen molar-refractivity contribution in [1.82, 2.24) is 4.90 Å². The maximum atomic E-state index is 10.0. The smallest absolute Gasteiger partial charge is 0.0581 e. The summed E-state index contributed by atoms with van der Waals surface area (Å²) in [5.74, 6) is 0.520. The van der Waals surface area contributed by atoms with Crippen molar-refractivity contribution >= 4 is 0 Å². The Kier molecular flexibility index (Phi) is 3.36. The topological polar surface area (TPSA) is 23.5 Å². The number of hydrogen-bond acceptors (Lipinski definition) is 2. The van der Waals surface area contributed by atoms with Crippen LogP contribution in [0.25, 0.3) is 0 Å². The van der Waals surface area contributed by atoms with E-state index in [1.54, 1.807) is 0 Å². The van der Waals surface area contributed by atoms with Gasteiger partial charge in [0, 0.05) is 6.54 Å². The standard InChI is InChI=1S/C13H25NO/c1-13(2)6-5-12(15)11(9-13)10-14-7-3-4-8-14/h11-12,15H,3-10H2,1-2H3. The van der Waals surface area contributed by atoms with E-state index in [-0.39, 0.29) is 6.10 Å². The summed E-state index contributed by atoms with van der Waals surface area (Å²) < 4.78 is 0. The van der Waals surface area contributed by atoms with E-state index in [4.69, 9.17) is 0 Å². The van der Waals surface area contributed by atoms with Gasteiger partial charge in [-0.1, -0.05) is 13.8 Å². The quantitative estimate of drug-likeness (QED) is 0.757. The lowest BCUT2D eigenvalue weighted by Crippen LogP contribution is -2.40. The van der Waals surface area contributed by atoms with Crippen LogP contribution in [0.4, 0.5) is 0 Å².